The lowest BCUT2D eigenvalue weighted by Crippen LogP contribution is -2.16. The molecule has 0 aliphatic rings. The molecule has 1 aromatic carbocycles. The first-order chi connectivity index (χ1) is 9.06. The molecule has 98 valence electrons. The van der Waals surface area contributed by atoms with E-state index in [0.29, 0.717) is 11.4 Å². The van der Waals surface area contributed by atoms with E-state index in [1.54, 1.807) is 18.2 Å². The fourth-order valence-electron chi connectivity index (χ4n) is 1.63. The zero-order chi connectivity index (χ0) is 13.8. The Hall–Kier alpha value is -2.21. The summed E-state index contributed by atoms with van der Waals surface area (Å²) in [6.07, 6.45) is 0.137. The number of aryl methyl sites for hydroxylation is 1. The standard InChI is InChI=1S/C13H12N2O3S/c1-8-14-9(7-19-8)6-12(16)15-11-5-3-2-4-10(11)13(17)18/h2-5,7H,6H2,1H3,(H,15,16)(H,17,18). The summed E-state index contributed by atoms with van der Waals surface area (Å²) in [5.41, 5.74) is 1.06. The summed E-state index contributed by atoms with van der Waals surface area (Å²) in [4.78, 5) is 27.0. The molecular formula is C13H12N2O3S. The van der Waals surface area contributed by atoms with Gasteiger partial charge in [0.15, 0.2) is 0 Å². The van der Waals surface area contributed by atoms with E-state index < -0.39 is 5.97 Å². The average molecular weight is 276 g/mol. The molecule has 0 unspecified atom stereocenters. The molecule has 0 saturated carbocycles. The highest BCUT2D eigenvalue weighted by molar-refractivity contribution is 7.09. The topological polar surface area (TPSA) is 79.3 Å². The number of carboxylic acids is 1. The van der Waals surface area contributed by atoms with Gasteiger partial charge in [0.2, 0.25) is 5.91 Å². The quantitative estimate of drug-likeness (QED) is 0.898. The van der Waals surface area contributed by atoms with Gasteiger partial charge in [0.25, 0.3) is 0 Å². The lowest BCUT2D eigenvalue weighted by atomic mass is 10.1. The van der Waals surface area contributed by atoms with E-state index in [4.69, 9.17) is 5.11 Å². The van der Waals surface area contributed by atoms with Crippen LogP contribution in [0.5, 0.6) is 0 Å². The first kappa shape index (κ1) is 13.2. The van der Waals surface area contributed by atoms with Crippen LogP contribution in [-0.4, -0.2) is 22.0 Å². The van der Waals surface area contributed by atoms with Crippen LogP contribution in [0.1, 0.15) is 21.1 Å². The number of rotatable bonds is 4. The minimum atomic E-state index is -1.07. The Morgan fingerprint density at radius 1 is 1.37 bits per heavy atom. The van der Waals surface area contributed by atoms with Gasteiger partial charge < -0.3 is 10.4 Å². The number of thiazole rings is 1. The smallest absolute Gasteiger partial charge is 0.337 e. The number of amides is 1. The molecular weight excluding hydrogens is 264 g/mol. The number of carboxylic acid groups (broad SMARTS) is 1. The number of anilines is 1. The molecule has 0 saturated heterocycles. The molecule has 2 aromatic rings. The van der Waals surface area contributed by atoms with E-state index in [0.717, 1.165) is 5.01 Å². The summed E-state index contributed by atoms with van der Waals surface area (Å²) in [5, 5.41) is 14.3. The molecule has 0 fully saturated rings. The SMILES string of the molecule is Cc1nc(CC(=O)Nc2ccccc2C(=O)O)cs1. The molecule has 0 bridgehead atoms. The summed E-state index contributed by atoms with van der Waals surface area (Å²) in [5.74, 6) is -1.35. The maximum absolute atomic E-state index is 11.8. The van der Waals surface area contributed by atoms with Crippen LogP contribution in [-0.2, 0) is 11.2 Å². The molecule has 0 radical (unpaired) electrons. The molecule has 0 aliphatic heterocycles. The Morgan fingerprint density at radius 2 is 2.11 bits per heavy atom. The molecule has 2 rings (SSSR count). The third-order valence-electron chi connectivity index (χ3n) is 2.44. The van der Waals surface area contributed by atoms with Gasteiger partial charge in [0.05, 0.1) is 28.4 Å². The number of nitrogens with zero attached hydrogens (tertiary/aromatic N) is 1. The van der Waals surface area contributed by atoms with E-state index in [1.807, 2.05) is 12.3 Å². The van der Waals surface area contributed by atoms with Crippen molar-refractivity contribution < 1.29 is 14.7 Å². The van der Waals surface area contributed by atoms with Crippen molar-refractivity contribution in [3.05, 3.63) is 45.9 Å². The number of carbonyl (C=O) groups is 2. The van der Waals surface area contributed by atoms with Crippen molar-refractivity contribution in [3.8, 4) is 0 Å². The molecule has 1 amide bonds. The van der Waals surface area contributed by atoms with Gasteiger partial charge in [-0.05, 0) is 19.1 Å². The Morgan fingerprint density at radius 3 is 2.74 bits per heavy atom. The van der Waals surface area contributed by atoms with Crippen LogP contribution in [0.2, 0.25) is 0 Å². The van der Waals surface area contributed by atoms with Crippen molar-refractivity contribution in [2.75, 3.05) is 5.32 Å². The Bertz CT molecular complexity index is 622. The number of hydrogen-bond donors (Lipinski definition) is 2. The predicted octanol–water partition coefficient (Wildman–Crippen LogP) is 2.33. The Kier molecular flexibility index (Phi) is 3.91. The second-order valence-corrected chi connectivity index (χ2v) is 5.00. The third kappa shape index (κ3) is 3.38. The Labute approximate surface area is 113 Å². The van der Waals surface area contributed by atoms with Gasteiger partial charge in [-0.3, -0.25) is 4.79 Å². The summed E-state index contributed by atoms with van der Waals surface area (Å²) >= 11 is 1.48. The van der Waals surface area contributed by atoms with Crippen LogP contribution in [0.25, 0.3) is 0 Å². The van der Waals surface area contributed by atoms with Gasteiger partial charge in [-0.15, -0.1) is 11.3 Å². The lowest BCUT2D eigenvalue weighted by Gasteiger charge is -2.07. The molecule has 1 aromatic heterocycles. The molecule has 6 heteroatoms. The van der Waals surface area contributed by atoms with Gasteiger partial charge in [0.1, 0.15) is 0 Å². The molecule has 0 aliphatic carbocycles. The minimum absolute atomic E-state index is 0.0744. The minimum Gasteiger partial charge on any atom is -0.478 e. The van der Waals surface area contributed by atoms with E-state index in [1.165, 1.54) is 17.4 Å². The second-order valence-electron chi connectivity index (χ2n) is 3.93. The number of nitrogens with one attached hydrogen (secondary N) is 1. The number of para-hydroxylation sites is 1. The highest BCUT2D eigenvalue weighted by atomic mass is 32.1. The molecule has 2 N–H and O–H groups in total. The van der Waals surface area contributed by atoms with Crippen molar-refractivity contribution in [1.82, 2.24) is 4.98 Å². The van der Waals surface area contributed by atoms with Crippen LogP contribution in [0.3, 0.4) is 0 Å². The second kappa shape index (κ2) is 5.62. The van der Waals surface area contributed by atoms with E-state index in [9.17, 15) is 9.59 Å². The van der Waals surface area contributed by atoms with Gasteiger partial charge in [-0.1, -0.05) is 12.1 Å². The lowest BCUT2D eigenvalue weighted by molar-refractivity contribution is -0.115. The fourth-order valence-corrected chi connectivity index (χ4v) is 2.24. The molecule has 5 nitrogen and oxygen atoms in total. The number of hydrogen-bond acceptors (Lipinski definition) is 4. The number of aromatic nitrogens is 1. The summed E-state index contributed by atoms with van der Waals surface area (Å²) in [7, 11) is 0. The summed E-state index contributed by atoms with van der Waals surface area (Å²) < 4.78 is 0. The predicted molar refractivity (Wildman–Crippen MR) is 72.6 cm³/mol. The first-order valence-electron chi connectivity index (χ1n) is 5.59. The van der Waals surface area contributed by atoms with Crippen molar-refractivity contribution in [1.29, 1.82) is 0 Å². The van der Waals surface area contributed by atoms with Gasteiger partial charge >= 0.3 is 5.97 Å². The van der Waals surface area contributed by atoms with E-state index >= 15 is 0 Å². The zero-order valence-electron chi connectivity index (χ0n) is 10.2. The molecule has 1 heterocycles. The average Bonchev–Trinajstić information content (AvgIpc) is 2.75. The first-order valence-corrected chi connectivity index (χ1v) is 6.47. The van der Waals surface area contributed by atoms with Crippen LogP contribution < -0.4 is 5.32 Å². The van der Waals surface area contributed by atoms with E-state index in [-0.39, 0.29) is 17.9 Å². The van der Waals surface area contributed by atoms with Crippen molar-refractivity contribution in [2.24, 2.45) is 0 Å². The highest BCUT2D eigenvalue weighted by Crippen LogP contribution is 2.16. The Balaban J connectivity index is 2.09. The molecule has 0 spiro atoms. The van der Waals surface area contributed by atoms with Gasteiger partial charge in [-0.2, -0.15) is 0 Å². The maximum atomic E-state index is 11.8. The van der Waals surface area contributed by atoms with Gasteiger partial charge in [0, 0.05) is 5.38 Å². The third-order valence-corrected chi connectivity index (χ3v) is 3.26. The van der Waals surface area contributed by atoms with Crippen molar-refractivity contribution in [3.63, 3.8) is 0 Å². The fraction of sp³-hybridized carbons (Fsp3) is 0.154. The zero-order valence-corrected chi connectivity index (χ0v) is 11.0. The number of benzene rings is 1. The summed E-state index contributed by atoms with van der Waals surface area (Å²) in [6, 6.07) is 6.30. The molecule has 0 atom stereocenters. The highest BCUT2D eigenvalue weighted by Gasteiger charge is 2.12. The van der Waals surface area contributed by atoms with Crippen LogP contribution in [0.15, 0.2) is 29.6 Å². The largest absolute Gasteiger partial charge is 0.478 e. The van der Waals surface area contributed by atoms with Crippen LogP contribution >= 0.6 is 11.3 Å². The maximum Gasteiger partial charge on any atom is 0.337 e. The number of carbonyl (C=O) groups excluding carboxylic acids is 1. The van der Waals surface area contributed by atoms with Gasteiger partial charge in [-0.25, -0.2) is 9.78 Å². The normalized spacial score (nSPS) is 10.2. The van der Waals surface area contributed by atoms with Crippen LogP contribution in [0.4, 0.5) is 5.69 Å². The van der Waals surface area contributed by atoms with E-state index in [2.05, 4.69) is 10.3 Å². The summed E-state index contributed by atoms with van der Waals surface area (Å²) in [6.45, 7) is 1.87. The van der Waals surface area contributed by atoms with Crippen LogP contribution in [0, 0.1) is 6.92 Å². The van der Waals surface area contributed by atoms with Crippen molar-refractivity contribution >= 4 is 28.9 Å². The molecule has 19 heavy (non-hydrogen) atoms. The van der Waals surface area contributed by atoms with Crippen molar-refractivity contribution in [2.45, 2.75) is 13.3 Å². The number of aromatic carboxylic acids is 1. The monoisotopic (exact) mass is 276 g/mol.